The molecule has 1 heteroatoms. The predicted molar refractivity (Wildman–Crippen MR) is 55.9 cm³/mol. The Morgan fingerprint density at radius 2 is 2.23 bits per heavy atom. The zero-order chi connectivity index (χ0) is 9.90. The molecule has 1 fully saturated rings. The number of rotatable bonds is 3. The van der Waals surface area contributed by atoms with E-state index in [0.29, 0.717) is 11.5 Å². The van der Waals surface area contributed by atoms with Gasteiger partial charge >= 0.3 is 0 Å². The van der Waals surface area contributed by atoms with Crippen molar-refractivity contribution in [2.24, 2.45) is 11.3 Å². The fourth-order valence-corrected chi connectivity index (χ4v) is 2.42. The molecule has 0 aromatic rings. The number of hydrogen-bond acceptors (Lipinski definition) is 1. The molecule has 0 amide bonds. The topological polar surface area (TPSA) is 9.23 Å². The maximum Gasteiger partial charge on any atom is 0.0841 e. The molecule has 1 nitrogen and oxygen atoms in total. The van der Waals surface area contributed by atoms with Crippen molar-refractivity contribution in [3.8, 4) is 0 Å². The van der Waals surface area contributed by atoms with Crippen molar-refractivity contribution in [3.63, 3.8) is 0 Å². The van der Waals surface area contributed by atoms with E-state index in [-0.39, 0.29) is 0 Å². The van der Waals surface area contributed by atoms with Crippen molar-refractivity contribution >= 4 is 0 Å². The van der Waals surface area contributed by atoms with Crippen LogP contribution in [0.3, 0.4) is 0 Å². The molecular weight excluding hydrogens is 160 g/mol. The van der Waals surface area contributed by atoms with Gasteiger partial charge in [-0.2, -0.15) is 0 Å². The second-order valence-electron chi connectivity index (χ2n) is 5.03. The predicted octanol–water partition coefficient (Wildman–Crippen LogP) is 3.60. The summed E-state index contributed by atoms with van der Waals surface area (Å²) in [7, 11) is 0. The van der Waals surface area contributed by atoms with E-state index < -0.39 is 0 Å². The van der Waals surface area contributed by atoms with Crippen LogP contribution < -0.4 is 0 Å². The second-order valence-corrected chi connectivity index (χ2v) is 5.03. The summed E-state index contributed by atoms with van der Waals surface area (Å²) < 4.78 is 5.44. The van der Waals surface area contributed by atoms with E-state index in [0.717, 1.165) is 5.92 Å². The fraction of sp³-hybridized carbons (Fsp3) is 0.833. The maximum absolute atomic E-state index is 5.44. The minimum atomic E-state index is 0.345. The molecule has 76 valence electrons. The summed E-state index contributed by atoms with van der Waals surface area (Å²) in [6.07, 6.45) is 5.67. The Kier molecular flexibility index (Phi) is 3.78. The van der Waals surface area contributed by atoms with Gasteiger partial charge in [0.05, 0.1) is 12.7 Å². The highest BCUT2D eigenvalue weighted by Gasteiger charge is 2.30. The van der Waals surface area contributed by atoms with Crippen molar-refractivity contribution < 1.29 is 4.74 Å². The van der Waals surface area contributed by atoms with Crippen LogP contribution in [0.2, 0.25) is 0 Å². The zero-order valence-corrected chi connectivity index (χ0v) is 9.18. The van der Waals surface area contributed by atoms with Gasteiger partial charge in [-0.05, 0) is 44.4 Å². The van der Waals surface area contributed by atoms with Crippen molar-refractivity contribution in [3.05, 3.63) is 13.5 Å². The molecule has 0 spiro atoms. The standard InChI is InChI=1S/C12H22O/c1-5-13-10(2)11-7-6-8-12(3,4)9-11/h5,10-11H,1,6-9H2,2-4H3. The van der Waals surface area contributed by atoms with Gasteiger partial charge in [0.1, 0.15) is 0 Å². The number of ether oxygens (including phenoxy) is 1. The van der Waals surface area contributed by atoms with Crippen LogP contribution in [-0.2, 0) is 4.74 Å². The third-order valence-electron chi connectivity index (χ3n) is 3.22. The maximum atomic E-state index is 5.44. The average Bonchev–Trinajstić information content (AvgIpc) is 2.03. The van der Waals surface area contributed by atoms with E-state index in [1.807, 2.05) is 0 Å². The molecule has 2 unspecified atom stereocenters. The summed E-state index contributed by atoms with van der Waals surface area (Å²) in [5.74, 6) is 0.724. The second kappa shape index (κ2) is 4.45. The zero-order valence-electron chi connectivity index (χ0n) is 9.18. The van der Waals surface area contributed by atoms with E-state index in [4.69, 9.17) is 4.74 Å². The highest BCUT2D eigenvalue weighted by molar-refractivity contribution is 4.82. The molecule has 13 heavy (non-hydrogen) atoms. The lowest BCUT2D eigenvalue weighted by Crippen LogP contribution is -2.30. The van der Waals surface area contributed by atoms with Gasteiger partial charge in [-0.1, -0.05) is 20.3 Å². The molecule has 1 rings (SSSR count). The molecule has 0 saturated heterocycles. The van der Waals surface area contributed by atoms with E-state index in [2.05, 4.69) is 27.7 Å². The SMILES string of the molecule is [CH2][CH]OC(C)C1CCCC(C)(C)C1. The molecule has 0 bridgehead atoms. The summed E-state index contributed by atoms with van der Waals surface area (Å²) in [5, 5.41) is 0. The Balaban J connectivity index is 2.42. The van der Waals surface area contributed by atoms with Crippen LogP contribution in [0.5, 0.6) is 0 Å². The van der Waals surface area contributed by atoms with Crippen molar-refractivity contribution in [1.82, 2.24) is 0 Å². The lowest BCUT2D eigenvalue weighted by Gasteiger charge is -2.37. The molecule has 2 radical (unpaired) electrons. The summed E-state index contributed by atoms with van der Waals surface area (Å²) in [4.78, 5) is 0. The Hall–Kier alpha value is -0.0400. The molecule has 0 aromatic carbocycles. The van der Waals surface area contributed by atoms with Crippen LogP contribution in [-0.4, -0.2) is 6.10 Å². The van der Waals surface area contributed by atoms with Gasteiger partial charge in [0.15, 0.2) is 0 Å². The summed E-state index contributed by atoms with van der Waals surface area (Å²) in [5.41, 5.74) is 0.516. The largest absolute Gasteiger partial charge is 0.372 e. The van der Waals surface area contributed by atoms with E-state index in [9.17, 15) is 0 Å². The van der Waals surface area contributed by atoms with Gasteiger partial charge in [0, 0.05) is 0 Å². The van der Waals surface area contributed by atoms with Gasteiger partial charge in [0.2, 0.25) is 0 Å². The smallest absolute Gasteiger partial charge is 0.0841 e. The Morgan fingerprint density at radius 3 is 2.77 bits per heavy atom. The lowest BCUT2D eigenvalue weighted by atomic mass is 9.71. The van der Waals surface area contributed by atoms with Gasteiger partial charge in [-0.25, -0.2) is 0 Å². The molecule has 0 N–H and O–H groups in total. The van der Waals surface area contributed by atoms with Crippen molar-refractivity contribution in [2.45, 2.75) is 52.6 Å². The molecule has 0 aliphatic heterocycles. The third kappa shape index (κ3) is 3.30. The lowest BCUT2D eigenvalue weighted by molar-refractivity contribution is 0.0315. The summed E-state index contributed by atoms with van der Waals surface area (Å²) in [6, 6.07) is 0. The highest BCUT2D eigenvalue weighted by Crippen LogP contribution is 2.40. The quantitative estimate of drug-likeness (QED) is 0.648. The first-order valence-corrected chi connectivity index (χ1v) is 5.31. The Labute approximate surface area is 82.9 Å². The van der Waals surface area contributed by atoms with Gasteiger partial charge < -0.3 is 4.74 Å². The summed E-state index contributed by atoms with van der Waals surface area (Å²) >= 11 is 0. The number of hydrogen-bond donors (Lipinski definition) is 0. The normalized spacial score (nSPS) is 30.0. The molecule has 1 saturated carbocycles. The minimum absolute atomic E-state index is 0.345. The van der Waals surface area contributed by atoms with E-state index in [1.54, 1.807) is 6.61 Å². The molecule has 0 aromatic heterocycles. The van der Waals surface area contributed by atoms with Crippen LogP contribution >= 0.6 is 0 Å². The Bertz CT molecular complexity index is 151. The first kappa shape index (κ1) is 11.0. The molecular formula is C12H22O. The summed E-state index contributed by atoms with van der Waals surface area (Å²) in [6.45, 7) is 12.1. The van der Waals surface area contributed by atoms with Gasteiger partial charge in [0.25, 0.3) is 0 Å². The first-order valence-electron chi connectivity index (χ1n) is 5.31. The molecule has 2 atom stereocenters. The van der Waals surface area contributed by atoms with E-state index in [1.165, 1.54) is 25.7 Å². The van der Waals surface area contributed by atoms with Crippen LogP contribution in [0.4, 0.5) is 0 Å². The van der Waals surface area contributed by atoms with Crippen molar-refractivity contribution in [1.29, 1.82) is 0 Å². The van der Waals surface area contributed by atoms with E-state index >= 15 is 0 Å². The third-order valence-corrected chi connectivity index (χ3v) is 3.22. The highest BCUT2D eigenvalue weighted by atomic mass is 16.5. The van der Waals surface area contributed by atoms with Crippen LogP contribution in [0, 0.1) is 24.9 Å². The van der Waals surface area contributed by atoms with Gasteiger partial charge in [-0.15, -0.1) is 0 Å². The molecule has 0 heterocycles. The molecule has 1 aliphatic rings. The fourth-order valence-electron chi connectivity index (χ4n) is 2.42. The van der Waals surface area contributed by atoms with Crippen LogP contribution in [0.25, 0.3) is 0 Å². The minimum Gasteiger partial charge on any atom is -0.372 e. The van der Waals surface area contributed by atoms with Gasteiger partial charge in [-0.3, -0.25) is 0 Å². The average molecular weight is 182 g/mol. The van der Waals surface area contributed by atoms with Crippen LogP contribution in [0.1, 0.15) is 46.5 Å². The van der Waals surface area contributed by atoms with Crippen molar-refractivity contribution in [2.75, 3.05) is 0 Å². The Morgan fingerprint density at radius 1 is 1.54 bits per heavy atom. The first-order chi connectivity index (χ1) is 6.05. The monoisotopic (exact) mass is 182 g/mol. The molecule has 1 aliphatic carbocycles. The van der Waals surface area contributed by atoms with Crippen LogP contribution in [0.15, 0.2) is 0 Å².